The van der Waals surface area contributed by atoms with Crippen molar-refractivity contribution in [2.45, 2.75) is 76.8 Å². The van der Waals surface area contributed by atoms with Crippen molar-refractivity contribution in [2.75, 3.05) is 19.7 Å². The topological polar surface area (TPSA) is 119 Å². The maximum atomic E-state index is 13.6. The van der Waals surface area contributed by atoms with Crippen molar-refractivity contribution >= 4 is 38.6 Å². The highest BCUT2D eigenvalue weighted by molar-refractivity contribution is 7.89. The fourth-order valence-electron chi connectivity index (χ4n) is 3.72. The molecular weight excluding hydrogens is 496 g/mol. The van der Waals surface area contributed by atoms with Crippen molar-refractivity contribution in [2.24, 2.45) is 0 Å². The van der Waals surface area contributed by atoms with E-state index < -0.39 is 45.9 Å². The highest BCUT2D eigenvalue weighted by Gasteiger charge is 2.33. The number of fused-ring (bicyclic) bond motifs is 1. The molecule has 0 saturated heterocycles. The SMILES string of the molecule is CCCCCN(CC(=O)OCC)C(=O)[C@H](CC(=O)OC(C)(C)C)NS(=O)(=O)c1ccc2ccccc2c1. The molecule has 0 bridgehead atoms. The second kappa shape index (κ2) is 13.5. The van der Waals surface area contributed by atoms with Crippen LogP contribution in [0.25, 0.3) is 10.8 Å². The van der Waals surface area contributed by atoms with Crippen LogP contribution in [0.15, 0.2) is 47.4 Å². The van der Waals surface area contributed by atoms with Gasteiger partial charge in [-0.3, -0.25) is 14.4 Å². The summed E-state index contributed by atoms with van der Waals surface area (Å²) in [4.78, 5) is 39.6. The predicted molar refractivity (Wildman–Crippen MR) is 141 cm³/mol. The summed E-state index contributed by atoms with van der Waals surface area (Å²) < 4.78 is 39.4. The maximum absolute atomic E-state index is 13.6. The average Bonchev–Trinajstić information content (AvgIpc) is 2.81. The normalized spacial score (nSPS) is 12.7. The number of esters is 2. The Morgan fingerprint density at radius 1 is 0.973 bits per heavy atom. The van der Waals surface area contributed by atoms with Crippen LogP contribution >= 0.6 is 0 Å². The van der Waals surface area contributed by atoms with Gasteiger partial charge in [-0.15, -0.1) is 0 Å². The lowest BCUT2D eigenvalue weighted by molar-refractivity contribution is -0.157. The smallest absolute Gasteiger partial charge is 0.325 e. The zero-order valence-corrected chi connectivity index (χ0v) is 23.1. The molecule has 0 aliphatic carbocycles. The van der Waals surface area contributed by atoms with Crippen LogP contribution in [0.4, 0.5) is 0 Å². The molecule has 0 aromatic heterocycles. The largest absolute Gasteiger partial charge is 0.465 e. The molecule has 204 valence electrons. The standard InChI is InChI=1S/C27H38N2O7S/c1-6-8-11-16-29(19-25(31)35-7-2)26(32)23(18-24(30)36-27(3,4)5)28-37(33,34)22-15-14-20-12-9-10-13-21(20)17-22/h9-10,12-15,17,23,28H,6-8,11,16,18-19H2,1-5H3/t23-/m0/s1. The number of nitrogens with one attached hydrogen (secondary N) is 1. The average molecular weight is 535 g/mol. The molecular formula is C27H38N2O7S. The van der Waals surface area contributed by atoms with Crippen LogP contribution in [0.1, 0.15) is 60.3 Å². The minimum absolute atomic E-state index is 0.0453. The summed E-state index contributed by atoms with van der Waals surface area (Å²) in [7, 11) is -4.20. The molecule has 0 heterocycles. The molecule has 1 N–H and O–H groups in total. The van der Waals surface area contributed by atoms with Crippen molar-refractivity contribution in [3.05, 3.63) is 42.5 Å². The van der Waals surface area contributed by atoms with Gasteiger partial charge in [-0.25, -0.2) is 8.42 Å². The summed E-state index contributed by atoms with van der Waals surface area (Å²) >= 11 is 0. The van der Waals surface area contributed by atoms with Gasteiger partial charge >= 0.3 is 11.9 Å². The van der Waals surface area contributed by atoms with Gasteiger partial charge in [0.2, 0.25) is 15.9 Å². The Labute approximate surface area is 219 Å². The van der Waals surface area contributed by atoms with E-state index in [-0.39, 0.29) is 24.6 Å². The Balaban J connectivity index is 2.38. The van der Waals surface area contributed by atoms with Gasteiger partial charge in [0.05, 0.1) is 17.9 Å². The first-order valence-corrected chi connectivity index (χ1v) is 14.0. The number of benzene rings is 2. The van der Waals surface area contributed by atoms with E-state index in [1.54, 1.807) is 45.9 Å². The third kappa shape index (κ3) is 9.77. The summed E-state index contributed by atoms with van der Waals surface area (Å²) in [5, 5.41) is 1.57. The number of amides is 1. The number of carbonyl (C=O) groups is 3. The van der Waals surface area contributed by atoms with Crippen LogP contribution in [0.2, 0.25) is 0 Å². The van der Waals surface area contributed by atoms with Crippen molar-refractivity contribution < 1.29 is 32.3 Å². The number of rotatable bonds is 13. The predicted octanol–water partition coefficient (Wildman–Crippen LogP) is 3.80. The van der Waals surface area contributed by atoms with E-state index >= 15 is 0 Å². The first kappa shape index (κ1) is 30.2. The third-order valence-electron chi connectivity index (χ3n) is 5.39. The minimum Gasteiger partial charge on any atom is -0.465 e. The van der Waals surface area contributed by atoms with Crippen molar-refractivity contribution in [1.82, 2.24) is 9.62 Å². The van der Waals surface area contributed by atoms with Crippen LogP contribution in [0, 0.1) is 0 Å². The highest BCUT2D eigenvalue weighted by atomic mass is 32.2. The van der Waals surface area contributed by atoms with Crippen molar-refractivity contribution in [3.63, 3.8) is 0 Å². The molecule has 2 aromatic rings. The summed E-state index contributed by atoms with van der Waals surface area (Å²) in [6.45, 7) is 8.71. The number of hydrogen-bond acceptors (Lipinski definition) is 7. The van der Waals surface area contributed by atoms with Crippen LogP contribution in [0.5, 0.6) is 0 Å². The molecule has 0 fully saturated rings. The summed E-state index contributed by atoms with van der Waals surface area (Å²) in [6, 6.07) is 10.4. The Morgan fingerprint density at radius 2 is 1.65 bits per heavy atom. The van der Waals surface area contributed by atoms with E-state index in [1.165, 1.54) is 17.0 Å². The third-order valence-corrected chi connectivity index (χ3v) is 6.86. The molecule has 0 unspecified atom stereocenters. The molecule has 0 aliphatic rings. The van der Waals surface area contributed by atoms with Gasteiger partial charge in [-0.1, -0.05) is 50.1 Å². The van der Waals surface area contributed by atoms with Crippen molar-refractivity contribution in [1.29, 1.82) is 0 Å². The minimum atomic E-state index is -4.20. The molecule has 2 aromatic carbocycles. The van der Waals surface area contributed by atoms with Gasteiger partial charge in [0.25, 0.3) is 0 Å². The molecule has 0 radical (unpaired) electrons. The molecule has 2 rings (SSSR count). The van der Waals surface area contributed by atoms with Gasteiger partial charge in [0, 0.05) is 6.54 Å². The molecule has 0 saturated carbocycles. The van der Waals surface area contributed by atoms with Crippen LogP contribution < -0.4 is 4.72 Å². The fourth-order valence-corrected chi connectivity index (χ4v) is 4.95. The Kier molecular flexibility index (Phi) is 11.1. The monoisotopic (exact) mass is 534 g/mol. The number of nitrogens with zero attached hydrogens (tertiary/aromatic N) is 1. The number of sulfonamides is 1. The van der Waals surface area contributed by atoms with Gasteiger partial charge in [0.1, 0.15) is 18.2 Å². The first-order chi connectivity index (χ1) is 17.4. The van der Waals surface area contributed by atoms with Gasteiger partial charge in [-0.05, 0) is 57.0 Å². The Hall–Kier alpha value is -2.98. The number of unbranched alkanes of at least 4 members (excludes halogenated alkanes) is 2. The second-order valence-corrected chi connectivity index (χ2v) is 11.5. The molecule has 37 heavy (non-hydrogen) atoms. The molecule has 1 amide bonds. The molecule has 9 nitrogen and oxygen atoms in total. The molecule has 0 spiro atoms. The highest BCUT2D eigenvalue weighted by Crippen LogP contribution is 2.20. The molecule has 0 aliphatic heterocycles. The summed E-state index contributed by atoms with van der Waals surface area (Å²) in [5.74, 6) is -2.04. The lowest BCUT2D eigenvalue weighted by Gasteiger charge is -2.28. The van der Waals surface area contributed by atoms with E-state index in [9.17, 15) is 22.8 Å². The maximum Gasteiger partial charge on any atom is 0.325 e. The number of carbonyl (C=O) groups excluding carboxylic acids is 3. The zero-order valence-electron chi connectivity index (χ0n) is 22.3. The van der Waals surface area contributed by atoms with E-state index in [0.717, 1.165) is 18.2 Å². The number of hydrogen-bond donors (Lipinski definition) is 1. The van der Waals surface area contributed by atoms with Crippen LogP contribution in [-0.2, 0) is 33.9 Å². The lowest BCUT2D eigenvalue weighted by Crippen LogP contribution is -2.51. The quantitative estimate of drug-likeness (QED) is 0.307. The van der Waals surface area contributed by atoms with Crippen molar-refractivity contribution in [3.8, 4) is 0 Å². The molecule has 1 atom stereocenters. The van der Waals surface area contributed by atoms with E-state index in [0.29, 0.717) is 11.8 Å². The fraction of sp³-hybridized carbons (Fsp3) is 0.519. The zero-order chi connectivity index (χ0) is 27.6. The summed E-state index contributed by atoms with van der Waals surface area (Å²) in [5.41, 5.74) is -0.826. The Morgan fingerprint density at radius 3 is 2.27 bits per heavy atom. The number of ether oxygens (including phenoxy) is 2. The van der Waals surface area contributed by atoms with Crippen LogP contribution in [0.3, 0.4) is 0 Å². The van der Waals surface area contributed by atoms with Crippen LogP contribution in [-0.4, -0.2) is 62.5 Å². The van der Waals surface area contributed by atoms with E-state index in [2.05, 4.69) is 4.72 Å². The van der Waals surface area contributed by atoms with E-state index in [4.69, 9.17) is 9.47 Å². The van der Waals surface area contributed by atoms with Gasteiger partial charge < -0.3 is 14.4 Å². The van der Waals surface area contributed by atoms with Gasteiger partial charge in [-0.2, -0.15) is 4.72 Å². The lowest BCUT2D eigenvalue weighted by atomic mass is 10.1. The summed E-state index contributed by atoms with van der Waals surface area (Å²) in [6.07, 6.45) is 1.78. The van der Waals surface area contributed by atoms with E-state index in [1.807, 2.05) is 19.1 Å². The first-order valence-electron chi connectivity index (χ1n) is 12.5. The second-order valence-electron chi connectivity index (χ2n) is 9.75. The van der Waals surface area contributed by atoms with Gasteiger partial charge in [0.15, 0.2) is 0 Å². The Bertz CT molecular complexity index is 1190. The molecule has 10 heteroatoms.